The van der Waals surface area contributed by atoms with Gasteiger partial charge in [0.2, 0.25) is 0 Å². The Morgan fingerprint density at radius 1 is 1.50 bits per heavy atom. The molecule has 2 atom stereocenters. The summed E-state index contributed by atoms with van der Waals surface area (Å²) < 4.78 is 11.1. The van der Waals surface area contributed by atoms with E-state index >= 15 is 0 Å². The Morgan fingerprint density at radius 3 is 2.83 bits per heavy atom. The van der Waals surface area contributed by atoms with E-state index in [0.717, 1.165) is 39.0 Å². The van der Waals surface area contributed by atoms with Crippen molar-refractivity contribution in [1.82, 2.24) is 10.2 Å². The van der Waals surface area contributed by atoms with E-state index in [4.69, 9.17) is 15.2 Å². The normalized spacial score (nSPS) is 28.8. The van der Waals surface area contributed by atoms with Gasteiger partial charge in [0, 0.05) is 19.0 Å². The van der Waals surface area contributed by atoms with E-state index in [1.54, 1.807) is 0 Å². The van der Waals surface area contributed by atoms with Gasteiger partial charge in [0.25, 0.3) is 0 Å². The summed E-state index contributed by atoms with van der Waals surface area (Å²) in [4.78, 5) is 13.3. The molecule has 6 nitrogen and oxygen atoms in total. The largest absolute Gasteiger partial charge is 0.443 e. The number of amides is 1. The van der Waals surface area contributed by atoms with Gasteiger partial charge in [-0.2, -0.15) is 0 Å². The molecule has 2 unspecified atom stereocenters. The Bertz CT molecular complexity index is 282. The first-order valence-electron chi connectivity index (χ1n) is 6.64. The van der Waals surface area contributed by atoms with Gasteiger partial charge in [0.05, 0.1) is 6.61 Å². The average molecular weight is 257 g/mol. The minimum Gasteiger partial charge on any atom is -0.443 e. The van der Waals surface area contributed by atoms with Crippen molar-refractivity contribution in [3.63, 3.8) is 0 Å². The lowest BCUT2D eigenvalue weighted by molar-refractivity contribution is -0.105. The number of ether oxygens (including phenoxy) is 2. The van der Waals surface area contributed by atoms with Crippen LogP contribution in [0.15, 0.2) is 0 Å². The number of carbonyl (C=O) groups excluding carboxylic acids is 1. The van der Waals surface area contributed by atoms with Crippen LogP contribution in [0.3, 0.4) is 0 Å². The van der Waals surface area contributed by atoms with E-state index in [1.165, 1.54) is 0 Å². The molecule has 0 saturated carbocycles. The maximum atomic E-state index is 11.1. The molecule has 0 aromatic heterocycles. The molecule has 2 aliphatic heterocycles. The molecule has 2 saturated heterocycles. The predicted molar refractivity (Wildman–Crippen MR) is 67.3 cm³/mol. The summed E-state index contributed by atoms with van der Waals surface area (Å²) in [6.07, 6.45) is 1.03. The number of likely N-dealkylation sites (N-methyl/N-ethyl adjacent to an activating group) is 1. The van der Waals surface area contributed by atoms with Crippen LogP contribution in [0.25, 0.3) is 0 Å². The molecular formula is C12H23N3O3. The van der Waals surface area contributed by atoms with Gasteiger partial charge in [-0.3, -0.25) is 0 Å². The zero-order valence-corrected chi connectivity index (χ0v) is 10.9. The van der Waals surface area contributed by atoms with Crippen LogP contribution in [-0.2, 0) is 9.47 Å². The molecule has 1 amide bonds. The molecule has 2 heterocycles. The van der Waals surface area contributed by atoms with Crippen LogP contribution in [0.5, 0.6) is 0 Å². The summed E-state index contributed by atoms with van der Waals surface area (Å²) in [6.45, 7) is 4.33. The third-order valence-electron chi connectivity index (χ3n) is 3.76. The van der Waals surface area contributed by atoms with Gasteiger partial charge in [-0.15, -0.1) is 0 Å². The molecule has 2 fully saturated rings. The standard InChI is InChI=1S/C12H23N3O3/c1-15-6-7-17-10(8-15)11(18-12(13)16)9-2-4-14-5-3-9/h9-11,14H,2-8H2,1H3,(H2,13,16). The molecule has 0 aliphatic carbocycles. The van der Waals surface area contributed by atoms with Gasteiger partial charge in [0.1, 0.15) is 12.2 Å². The third-order valence-corrected chi connectivity index (χ3v) is 3.76. The molecule has 0 bridgehead atoms. The summed E-state index contributed by atoms with van der Waals surface area (Å²) in [5.74, 6) is 0.343. The molecule has 0 aromatic carbocycles. The lowest BCUT2D eigenvalue weighted by Crippen LogP contribution is -2.52. The van der Waals surface area contributed by atoms with Gasteiger partial charge < -0.3 is 25.4 Å². The SMILES string of the molecule is CN1CCOC(C(OC(N)=O)C2CCNCC2)C1. The predicted octanol–water partition coefficient (Wildman–Crippen LogP) is -0.219. The molecule has 6 heteroatoms. The quantitative estimate of drug-likeness (QED) is 0.731. The maximum Gasteiger partial charge on any atom is 0.404 e. The summed E-state index contributed by atoms with van der Waals surface area (Å²) in [6, 6.07) is 0. The van der Waals surface area contributed by atoms with E-state index in [2.05, 4.69) is 17.3 Å². The Balaban J connectivity index is 2.00. The summed E-state index contributed by atoms with van der Waals surface area (Å²) in [5, 5.41) is 3.31. The lowest BCUT2D eigenvalue weighted by atomic mass is 9.88. The second-order valence-corrected chi connectivity index (χ2v) is 5.16. The highest BCUT2D eigenvalue weighted by atomic mass is 16.6. The van der Waals surface area contributed by atoms with Gasteiger partial charge in [0.15, 0.2) is 0 Å². The number of hydrogen-bond donors (Lipinski definition) is 2. The molecule has 2 rings (SSSR count). The minimum absolute atomic E-state index is 0.0562. The van der Waals surface area contributed by atoms with Crippen molar-refractivity contribution in [2.24, 2.45) is 11.7 Å². The van der Waals surface area contributed by atoms with E-state index in [1.807, 2.05) is 0 Å². The van der Waals surface area contributed by atoms with Crippen LogP contribution in [0.1, 0.15) is 12.8 Å². The molecule has 0 spiro atoms. The Hall–Kier alpha value is -0.850. The lowest BCUT2D eigenvalue weighted by Gasteiger charge is -2.39. The van der Waals surface area contributed by atoms with Gasteiger partial charge in [-0.25, -0.2) is 4.79 Å². The number of rotatable bonds is 3. The highest BCUT2D eigenvalue weighted by Gasteiger charge is 2.36. The second-order valence-electron chi connectivity index (χ2n) is 5.16. The van der Waals surface area contributed by atoms with Crippen LogP contribution in [-0.4, -0.2) is 63.0 Å². The molecule has 2 aliphatic rings. The first-order chi connectivity index (χ1) is 8.66. The first kappa shape index (κ1) is 13.6. The Kier molecular flexibility index (Phi) is 4.79. The third kappa shape index (κ3) is 3.57. The summed E-state index contributed by atoms with van der Waals surface area (Å²) in [5.41, 5.74) is 5.20. The van der Waals surface area contributed by atoms with Crippen LogP contribution >= 0.6 is 0 Å². The molecule has 0 aromatic rings. The average Bonchev–Trinajstić information content (AvgIpc) is 2.37. The molecule has 104 valence electrons. The van der Waals surface area contributed by atoms with Crippen LogP contribution in [0.2, 0.25) is 0 Å². The summed E-state index contributed by atoms with van der Waals surface area (Å²) in [7, 11) is 2.05. The molecule has 3 N–H and O–H groups in total. The van der Waals surface area contributed by atoms with Crippen LogP contribution in [0.4, 0.5) is 4.79 Å². The van der Waals surface area contributed by atoms with Gasteiger partial charge >= 0.3 is 6.09 Å². The molecular weight excluding hydrogens is 234 g/mol. The van der Waals surface area contributed by atoms with Crippen LogP contribution in [0, 0.1) is 5.92 Å². The number of nitrogens with two attached hydrogens (primary N) is 1. The number of nitrogens with zero attached hydrogens (tertiary/aromatic N) is 1. The molecule has 0 radical (unpaired) electrons. The number of carbonyl (C=O) groups is 1. The van der Waals surface area contributed by atoms with E-state index in [0.29, 0.717) is 12.5 Å². The van der Waals surface area contributed by atoms with Gasteiger partial charge in [-0.1, -0.05) is 0 Å². The van der Waals surface area contributed by atoms with Crippen molar-refractivity contribution in [3.05, 3.63) is 0 Å². The van der Waals surface area contributed by atoms with Crippen molar-refractivity contribution >= 4 is 6.09 Å². The highest BCUT2D eigenvalue weighted by Crippen LogP contribution is 2.25. The second kappa shape index (κ2) is 6.36. The first-order valence-corrected chi connectivity index (χ1v) is 6.64. The zero-order valence-electron chi connectivity index (χ0n) is 10.9. The van der Waals surface area contributed by atoms with Gasteiger partial charge in [-0.05, 0) is 33.0 Å². The number of primary amides is 1. The number of nitrogens with one attached hydrogen (secondary N) is 1. The van der Waals surface area contributed by atoms with Crippen molar-refractivity contribution in [1.29, 1.82) is 0 Å². The Morgan fingerprint density at radius 2 is 2.22 bits per heavy atom. The molecule has 18 heavy (non-hydrogen) atoms. The zero-order chi connectivity index (χ0) is 13.0. The van der Waals surface area contributed by atoms with Crippen molar-refractivity contribution in [3.8, 4) is 0 Å². The Labute approximate surface area is 108 Å². The fraction of sp³-hybridized carbons (Fsp3) is 0.917. The topological polar surface area (TPSA) is 76.8 Å². The van der Waals surface area contributed by atoms with E-state index in [9.17, 15) is 4.79 Å². The number of piperidine rings is 1. The highest BCUT2D eigenvalue weighted by molar-refractivity contribution is 5.64. The van der Waals surface area contributed by atoms with Crippen molar-refractivity contribution in [2.45, 2.75) is 25.0 Å². The van der Waals surface area contributed by atoms with E-state index in [-0.39, 0.29) is 12.2 Å². The maximum absolute atomic E-state index is 11.1. The van der Waals surface area contributed by atoms with Crippen LogP contribution < -0.4 is 11.1 Å². The fourth-order valence-corrected chi connectivity index (χ4v) is 2.79. The smallest absolute Gasteiger partial charge is 0.404 e. The number of morpholine rings is 1. The monoisotopic (exact) mass is 257 g/mol. The van der Waals surface area contributed by atoms with Crippen molar-refractivity contribution < 1.29 is 14.3 Å². The van der Waals surface area contributed by atoms with Crippen molar-refractivity contribution in [2.75, 3.05) is 39.8 Å². The van der Waals surface area contributed by atoms with E-state index < -0.39 is 6.09 Å². The fourth-order valence-electron chi connectivity index (χ4n) is 2.79. The number of hydrogen-bond acceptors (Lipinski definition) is 5. The summed E-state index contributed by atoms with van der Waals surface area (Å²) >= 11 is 0. The minimum atomic E-state index is -0.699.